The van der Waals surface area contributed by atoms with Crippen LogP contribution in [0.1, 0.15) is 29.3 Å². The number of rotatable bonds is 8. The zero-order valence-corrected chi connectivity index (χ0v) is 17.9. The van der Waals surface area contributed by atoms with Crippen molar-refractivity contribution in [2.45, 2.75) is 20.3 Å². The van der Waals surface area contributed by atoms with Gasteiger partial charge in [-0.2, -0.15) is 0 Å². The molecule has 8 heteroatoms. The van der Waals surface area contributed by atoms with E-state index in [9.17, 15) is 19.5 Å². The Morgan fingerprint density at radius 2 is 1.90 bits per heavy atom. The smallest absolute Gasteiger partial charge is 0.342 e. The average Bonchev–Trinajstić information content (AvgIpc) is 2.69. The van der Waals surface area contributed by atoms with E-state index < -0.39 is 18.5 Å². The molecule has 29 heavy (non-hydrogen) atoms. The second-order valence-corrected chi connectivity index (χ2v) is 7.33. The first-order chi connectivity index (χ1) is 13.8. The van der Waals surface area contributed by atoms with Gasteiger partial charge in [0.2, 0.25) is 5.91 Å². The van der Waals surface area contributed by atoms with Crippen molar-refractivity contribution in [2.75, 3.05) is 25.0 Å². The van der Waals surface area contributed by atoms with Crippen LogP contribution in [0.25, 0.3) is 0 Å². The number of anilines is 1. The molecule has 0 unspecified atom stereocenters. The van der Waals surface area contributed by atoms with E-state index in [0.717, 1.165) is 5.56 Å². The highest BCUT2D eigenvalue weighted by Crippen LogP contribution is 2.22. The molecular weight excluding hydrogens is 440 g/mol. The number of ether oxygens (including phenoxy) is 1. The molecule has 0 fully saturated rings. The van der Waals surface area contributed by atoms with Crippen molar-refractivity contribution in [3.05, 3.63) is 58.1 Å². The third-order valence-electron chi connectivity index (χ3n) is 4.11. The molecular formula is C21H23BrN2O5. The number of esters is 1. The maximum atomic E-state index is 12.5. The first kappa shape index (κ1) is 22.4. The minimum absolute atomic E-state index is 0.0495. The number of nitrogens with one attached hydrogen (secondary N) is 1. The molecule has 2 aromatic rings. The van der Waals surface area contributed by atoms with E-state index in [0.29, 0.717) is 23.1 Å². The number of amides is 2. The van der Waals surface area contributed by atoms with Gasteiger partial charge in [-0.3, -0.25) is 9.59 Å². The van der Waals surface area contributed by atoms with Crippen LogP contribution in [0.4, 0.5) is 5.69 Å². The Morgan fingerprint density at radius 1 is 1.17 bits per heavy atom. The van der Waals surface area contributed by atoms with Crippen LogP contribution >= 0.6 is 15.9 Å². The molecule has 0 spiro atoms. The van der Waals surface area contributed by atoms with E-state index in [-0.39, 0.29) is 23.8 Å². The molecule has 0 aliphatic rings. The minimum Gasteiger partial charge on any atom is -0.507 e. The first-order valence-corrected chi connectivity index (χ1v) is 9.90. The van der Waals surface area contributed by atoms with Gasteiger partial charge in [0.25, 0.3) is 5.91 Å². The van der Waals surface area contributed by atoms with Crippen molar-refractivity contribution in [1.82, 2.24) is 4.90 Å². The van der Waals surface area contributed by atoms with Crippen LogP contribution in [0.2, 0.25) is 0 Å². The number of phenols is 1. The average molecular weight is 463 g/mol. The number of carbonyl (C=O) groups is 3. The fraction of sp³-hybridized carbons (Fsp3) is 0.286. The van der Waals surface area contributed by atoms with E-state index >= 15 is 0 Å². The number of hydrogen-bond acceptors (Lipinski definition) is 5. The Kier molecular flexibility index (Phi) is 8.21. The molecule has 2 N–H and O–H groups in total. The van der Waals surface area contributed by atoms with Crippen LogP contribution in [-0.2, 0) is 14.3 Å². The number of aromatic hydroxyl groups is 1. The van der Waals surface area contributed by atoms with Crippen molar-refractivity contribution in [1.29, 1.82) is 0 Å². The summed E-state index contributed by atoms with van der Waals surface area (Å²) in [5.41, 5.74) is 1.54. The zero-order chi connectivity index (χ0) is 21.4. The predicted molar refractivity (Wildman–Crippen MR) is 113 cm³/mol. The maximum Gasteiger partial charge on any atom is 0.342 e. The number of halogens is 1. The highest BCUT2D eigenvalue weighted by molar-refractivity contribution is 9.10. The van der Waals surface area contributed by atoms with Gasteiger partial charge in [-0.15, -0.1) is 0 Å². The molecule has 0 saturated heterocycles. The summed E-state index contributed by atoms with van der Waals surface area (Å²) in [6.45, 7) is 3.43. The summed E-state index contributed by atoms with van der Waals surface area (Å²) >= 11 is 3.21. The molecule has 2 amide bonds. The van der Waals surface area contributed by atoms with Crippen molar-refractivity contribution in [3.63, 3.8) is 0 Å². The van der Waals surface area contributed by atoms with Crippen LogP contribution in [0, 0.1) is 6.92 Å². The molecule has 0 radical (unpaired) electrons. The molecule has 0 aliphatic heterocycles. The van der Waals surface area contributed by atoms with Crippen LogP contribution < -0.4 is 5.32 Å². The van der Waals surface area contributed by atoms with E-state index in [1.807, 2.05) is 32.0 Å². The van der Waals surface area contributed by atoms with Gasteiger partial charge in [-0.25, -0.2) is 4.79 Å². The van der Waals surface area contributed by atoms with E-state index in [1.54, 1.807) is 12.1 Å². The zero-order valence-electron chi connectivity index (χ0n) is 16.3. The summed E-state index contributed by atoms with van der Waals surface area (Å²) in [4.78, 5) is 38.3. The van der Waals surface area contributed by atoms with Crippen molar-refractivity contribution in [3.8, 4) is 5.75 Å². The Balaban J connectivity index is 1.96. The predicted octanol–water partition coefficient (Wildman–Crippen LogP) is 3.50. The van der Waals surface area contributed by atoms with Gasteiger partial charge >= 0.3 is 5.97 Å². The fourth-order valence-electron chi connectivity index (χ4n) is 2.61. The molecule has 0 aliphatic carbocycles. The van der Waals surface area contributed by atoms with Gasteiger partial charge in [-0.1, -0.05) is 41.1 Å². The molecule has 0 atom stereocenters. The van der Waals surface area contributed by atoms with E-state index in [2.05, 4.69) is 21.2 Å². The molecule has 7 nitrogen and oxygen atoms in total. The molecule has 154 valence electrons. The summed E-state index contributed by atoms with van der Waals surface area (Å²) in [5.74, 6) is -1.89. The van der Waals surface area contributed by atoms with Crippen molar-refractivity contribution >= 4 is 39.4 Å². The Morgan fingerprint density at radius 3 is 2.59 bits per heavy atom. The minimum atomic E-state index is -0.821. The van der Waals surface area contributed by atoms with Crippen LogP contribution in [-0.4, -0.2) is 47.5 Å². The normalized spacial score (nSPS) is 10.3. The summed E-state index contributed by atoms with van der Waals surface area (Å²) in [7, 11) is 0. The van der Waals surface area contributed by atoms with Gasteiger partial charge in [0.1, 0.15) is 11.3 Å². The monoisotopic (exact) mass is 462 g/mol. The third-order valence-corrected chi connectivity index (χ3v) is 4.60. The highest BCUT2D eigenvalue weighted by Gasteiger charge is 2.20. The number of carbonyl (C=O) groups excluding carboxylic acids is 3. The summed E-state index contributed by atoms with van der Waals surface area (Å²) in [5, 5.41) is 12.6. The maximum absolute atomic E-state index is 12.5. The number of phenolic OH excluding ortho intramolecular Hbond substituents is 1. The number of hydrogen-bond donors (Lipinski definition) is 2. The van der Waals surface area contributed by atoms with Gasteiger partial charge in [0.05, 0.1) is 6.54 Å². The Labute approximate surface area is 177 Å². The molecule has 0 aromatic heterocycles. The Hall–Kier alpha value is -2.87. The number of nitrogens with zero attached hydrogens (tertiary/aromatic N) is 1. The largest absolute Gasteiger partial charge is 0.507 e. The van der Waals surface area contributed by atoms with E-state index in [4.69, 9.17) is 4.74 Å². The van der Waals surface area contributed by atoms with Gasteiger partial charge < -0.3 is 20.1 Å². The lowest BCUT2D eigenvalue weighted by Gasteiger charge is -2.21. The van der Waals surface area contributed by atoms with Gasteiger partial charge in [0, 0.05) is 16.7 Å². The van der Waals surface area contributed by atoms with Gasteiger partial charge in [-0.05, 0) is 43.2 Å². The summed E-state index contributed by atoms with van der Waals surface area (Å²) < 4.78 is 5.62. The molecule has 0 saturated carbocycles. The second-order valence-electron chi connectivity index (χ2n) is 6.42. The molecule has 2 aromatic carbocycles. The lowest BCUT2D eigenvalue weighted by molar-refractivity contribution is -0.137. The van der Waals surface area contributed by atoms with Crippen molar-refractivity contribution in [2.24, 2.45) is 0 Å². The summed E-state index contributed by atoms with van der Waals surface area (Å²) in [6, 6.07) is 11.7. The lowest BCUT2D eigenvalue weighted by atomic mass is 10.2. The second kappa shape index (κ2) is 10.6. The fourth-order valence-corrected chi connectivity index (χ4v) is 2.97. The highest BCUT2D eigenvalue weighted by atomic mass is 79.9. The van der Waals surface area contributed by atoms with Crippen LogP contribution in [0.3, 0.4) is 0 Å². The standard InChI is InChI=1S/C21H23BrN2O5/c1-3-10-24(12-19(26)23-17-7-5-4-6-14(17)2)20(27)13-29-21(28)16-11-15(22)8-9-18(16)25/h4-9,11,25H,3,10,12-13H2,1-2H3,(H,23,26). The summed E-state index contributed by atoms with van der Waals surface area (Å²) in [6.07, 6.45) is 0.643. The lowest BCUT2D eigenvalue weighted by Crippen LogP contribution is -2.40. The quantitative estimate of drug-likeness (QED) is 0.585. The molecule has 2 rings (SSSR count). The molecule has 0 heterocycles. The third kappa shape index (κ3) is 6.60. The van der Waals surface area contributed by atoms with Crippen molar-refractivity contribution < 1.29 is 24.2 Å². The van der Waals surface area contributed by atoms with Gasteiger partial charge in [0.15, 0.2) is 6.61 Å². The van der Waals surface area contributed by atoms with Crippen LogP contribution in [0.15, 0.2) is 46.9 Å². The SMILES string of the molecule is CCCN(CC(=O)Nc1ccccc1C)C(=O)COC(=O)c1cc(Br)ccc1O. The topological polar surface area (TPSA) is 95.9 Å². The Bertz CT molecular complexity index is 900. The number of aryl methyl sites for hydroxylation is 1. The van der Waals surface area contributed by atoms with Crippen LogP contribution in [0.5, 0.6) is 5.75 Å². The number of para-hydroxylation sites is 1. The molecule has 0 bridgehead atoms. The van der Waals surface area contributed by atoms with E-state index in [1.165, 1.54) is 17.0 Å². The number of benzene rings is 2. The first-order valence-electron chi connectivity index (χ1n) is 9.10.